The average Bonchev–Trinajstić information content (AvgIpc) is 2.36. The van der Waals surface area contributed by atoms with E-state index in [1.54, 1.807) is 13.0 Å². The summed E-state index contributed by atoms with van der Waals surface area (Å²) in [5, 5.41) is 0.220. The molecule has 0 spiro atoms. The summed E-state index contributed by atoms with van der Waals surface area (Å²) in [6.45, 7) is 1.97. The molecule has 0 fully saturated rings. The lowest BCUT2D eigenvalue weighted by molar-refractivity contribution is -0.136. The number of rotatable bonds is 2. The van der Waals surface area contributed by atoms with E-state index >= 15 is 0 Å². The first kappa shape index (κ1) is 14.1. The minimum atomic E-state index is -0.606. The standard InChI is InChI=1S/C13H11ClO4/c1-3-18-12(15)7-5-9-4-6-10(11(14)8-9)13(16)17-2/h4,6,8H,3H2,1-2H3. The van der Waals surface area contributed by atoms with Crippen molar-refractivity contribution >= 4 is 23.5 Å². The lowest BCUT2D eigenvalue weighted by Gasteiger charge is -2.01. The van der Waals surface area contributed by atoms with Crippen molar-refractivity contribution in [2.24, 2.45) is 0 Å². The largest absolute Gasteiger partial charge is 0.465 e. The quantitative estimate of drug-likeness (QED) is 0.607. The van der Waals surface area contributed by atoms with Crippen LogP contribution in [0.4, 0.5) is 0 Å². The molecular formula is C13H11ClO4. The SMILES string of the molecule is CCOC(=O)C#Cc1ccc(C(=O)OC)c(Cl)c1. The van der Waals surface area contributed by atoms with Crippen LogP contribution in [0.25, 0.3) is 0 Å². The number of carbonyl (C=O) groups excluding carboxylic acids is 2. The highest BCUT2D eigenvalue weighted by Gasteiger charge is 2.10. The van der Waals surface area contributed by atoms with Crippen molar-refractivity contribution in [2.75, 3.05) is 13.7 Å². The van der Waals surface area contributed by atoms with Gasteiger partial charge in [-0.15, -0.1) is 0 Å². The third-order valence-corrected chi connectivity index (χ3v) is 2.27. The lowest BCUT2D eigenvalue weighted by Crippen LogP contribution is -2.02. The van der Waals surface area contributed by atoms with Crippen LogP contribution in [0.15, 0.2) is 18.2 Å². The molecule has 5 heteroatoms. The molecule has 0 saturated heterocycles. The fourth-order valence-corrected chi connectivity index (χ4v) is 1.42. The highest BCUT2D eigenvalue weighted by Crippen LogP contribution is 2.18. The van der Waals surface area contributed by atoms with E-state index in [9.17, 15) is 9.59 Å². The highest BCUT2D eigenvalue weighted by atomic mass is 35.5. The van der Waals surface area contributed by atoms with Crippen molar-refractivity contribution in [3.8, 4) is 11.8 Å². The molecule has 0 amide bonds. The fraction of sp³-hybridized carbons (Fsp3) is 0.231. The molecule has 0 saturated carbocycles. The predicted octanol–water partition coefficient (Wildman–Crippen LogP) is 2.04. The van der Waals surface area contributed by atoms with Gasteiger partial charge in [-0.25, -0.2) is 9.59 Å². The Morgan fingerprint density at radius 1 is 1.39 bits per heavy atom. The molecule has 0 aliphatic rings. The maximum atomic E-state index is 11.3. The fourth-order valence-electron chi connectivity index (χ4n) is 1.16. The first-order valence-corrected chi connectivity index (χ1v) is 5.53. The summed E-state index contributed by atoms with van der Waals surface area (Å²) in [7, 11) is 1.27. The molecule has 0 radical (unpaired) electrons. The number of benzene rings is 1. The van der Waals surface area contributed by atoms with Gasteiger partial charge in [-0.3, -0.25) is 0 Å². The number of hydrogen-bond donors (Lipinski definition) is 0. The summed E-state index contributed by atoms with van der Waals surface area (Å²) in [5.74, 6) is 3.77. The molecule has 0 atom stereocenters. The van der Waals surface area contributed by atoms with Crippen LogP contribution in [-0.2, 0) is 14.3 Å². The Morgan fingerprint density at radius 3 is 2.67 bits per heavy atom. The van der Waals surface area contributed by atoms with Crippen molar-refractivity contribution in [3.05, 3.63) is 34.3 Å². The Labute approximate surface area is 110 Å². The van der Waals surface area contributed by atoms with E-state index in [0.717, 1.165) is 0 Å². The maximum absolute atomic E-state index is 11.3. The van der Waals surface area contributed by atoms with Crippen molar-refractivity contribution in [1.82, 2.24) is 0 Å². The Balaban J connectivity index is 2.91. The van der Waals surface area contributed by atoms with Gasteiger partial charge in [0.15, 0.2) is 0 Å². The molecule has 18 heavy (non-hydrogen) atoms. The molecule has 0 N–H and O–H groups in total. The van der Waals surface area contributed by atoms with Crippen molar-refractivity contribution in [2.45, 2.75) is 6.92 Å². The smallest absolute Gasteiger partial charge is 0.384 e. The van der Waals surface area contributed by atoms with E-state index in [1.165, 1.54) is 19.2 Å². The van der Waals surface area contributed by atoms with Crippen LogP contribution in [0, 0.1) is 11.8 Å². The zero-order chi connectivity index (χ0) is 13.5. The number of carbonyl (C=O) groups is 2. The zero-order valence-corrected chi connectivity index (χ0v) is 10.7. The van der Waals surface area contributed by atoms with E-state index in [2.05, 4.69) is 21.3 Å². The molecule has 1 aromatic carbocycles. The summed E-state index contributed by atoms with van der Waals surface area (Å²) in [5.41, 5.74) is 0.765. The topological polar surface area (TPSA) is 52.6 Å². The molecule has 94 valence electrons. The van der Waals surface area contributed by atoms with E-state index in [0.29, 0.717) is 5.56 Å². The van der Waals surface area contributed by atoms with E-state index in [-0.39, 0.29) is 17.2 Å². The first-order chi connectivity index (χ1) is 8.58. The Bertz CT molecular complexity index is 526. The van der Waals surface area contributed by atoms with Crippen LogP contribution in [0.1, 0.15) is 22.8 Å². The predicted molar refractivity (Wildman–Crippen MR) is 66.3 cm³/mol. The first-order valence-electron chi connectivity index (χ1n) is 5.15. The van der Waals surface area contributed by atoms with Gasteiger partial charge in [-0.05, 0) is 25.1 Å². The third kappa shape index (κ3) is 3.79. The van der Waals surface area contributed by atoms with Gasteiger partial charge >= 0.3 is 11.9 Å². The van der Waals surface area contributed by atoms with Crippen LogP contribution in [-0.4, -0.2) is 25.7 Å². The number of halogens is 1. The Hall–Kier alpha value is -1.99. The van der Waals surface area contributed by atoms with Crippen LogP contribution in [0.2, 0.25) is 5.02 Å². The van der Waals surface area contributed by atoms with E-state index in [1.807, 2.05) is 0 Å². The van der Waals surface area contributed by atoms with Crippen LogP contribution >= 0.6 is 11.6 Å². The molecule has 0 aromatic heterocycles. The molecular weight excluding hydrogens is 256 g/mol. The van der Waals surface area contributed by atoms with Crippen LogP contribution in [0.3, 0.4) is 0 Å². The molecule has 1 rings (SSSR count). The molecule has 0 heterocycles. The monoisotopic (exact) mass is 266 g/mol. The zero-order valence-electron chi connectivity index (χ0n) is 9.95. The van der Waals surface area contributed by atoms with Crippen molar-refractivity contribution in [3.63, 3.8) is 0 Å². The van der Waals surface area contributed by atoms with E-state index in [4.69, 9.17) is 11.6 Å². The maximum Gasteiger partial charge on any atom is 0.384 e. The highest BCUT2D eigenvalue weighted by molar-refractivity contribution is 6.33. The van der Waals surface area contributed by atoms with Gasteiger partial charge in [0.25, 0.3) is 0 Å². The molecule has 0 unspecified atom stereocenters. The molecule has 4 nitrogen and oxygen atoms in total. The second-order valence-electron chi connectivity index (χ2n) is 3.16. The molecule has 0 aliphatic heterocycles. The van der Waals surface area contributed by atoms with Crippen molar-refractivity contribution in [1.29, 1.82) is 0 Å². The van der Waals surface area contributed by atoms with Crippen LogP contribution in [0.5, 0.6) is 0 Å². The Morgan fingerprint density at radius 2 is 2.11 bits per heavy atom. The average molecular weight is 267 g/mol. The van der Waals surface area contributed by atoms with Gasteiger partial charge in [0.1, 0.15) is 0 Å². The summed E-state index contributed by atoms with van der Waals surface area (Å²) in [6, 6.07) is 4.55. The number of esters is 2. The number of methoxy groups -OCH3 is 1. The minimum Gasteiger partial charge on any atom is -0.465 e. The lowest BCUT2D eigenvalue weighted by atomic mass is 10.1. The van der Waals surface area contributed by atoms with Crippen molar-refractivity contribution < 1.29 is 19.1 Å². The normalized spacial score (nSPS) is 9.06. The third-order valence-electron chi connectivity index (χ3n) is 1.96. The van der Waals surface area contributed by atoms with Gasteiger partial charge in [0, 0.05) is 11.5 Å². The van der Waals surface area contributed by atoms with E-state index < -0.39 is 11.9 Å². The number of ether oxygens (including phenoxy) is 2. The molecule has 0 bridgehead atoms. The van der Waals surface area contributed by atoms with Crippen LogP contribution < -0.4 is 0 Å². The van der Waals surface area contributed by atoms with Gasteiger partial charge in [-0.2, -0.15) is 0 Å². The summed E-state index contributed by atoms with van der Waals surface area (Å²) < 4.78 is 9.21. The Kier molecular flexibility index (Phi) is 5.22. The summed E-state index contributed by atoms with van der Waals surface area (Å²) in [6.07, 6.45) is 0. The van der Waals surface area contributed by atoms with Gasteiger partial charge in [-0.1, -0.05) is 17.5 Å². The molecule has 1 aromatic rings. The number of hydrogen-bond acceptors (Lipinski definition) is 4. The summed E-state index contributed by atoms with van der Waals surface area (Å²) >= 11 is 5.89. The second-order valence-corrected chi connectivity index (χ2v) is 3.56. The summed E-state index contributed by atoms with van der Waals surface area (Å²) in [4.78, 5) is 22.3. The molecule has 0 aliphatic carbocycles. The van der Waals surface area contributed by atoms with Gasteiger partial charge < -0.3 is 9.47 Å². The van der Waals surface area contributed by atoms with Gasteiger partial charge in [0.2, 0.25) is 0 Å². The minimum absolute atomic E-state index is 0.220. The second kappa shape index (κ2) is 6.67. The van der Waals surface area contributed by atoms with Gasteiger partial charge in [0.05, 0.1) is 24.3 Å².